The van der Waals surface area contributed by atoms with Crippen LogP contribution in [-0.2, 0) is 11.3 Å². The average Bonchev–Trinajstić information content (AvgIpc) is 3.17. The van der Waals surface area contributed by atoms with E-state index in [4.69, 9.17) is 4.42 Å². The van der Waals surface area contributed by atoms with Crippen LogP contribution in [0, 0.1) is 11.2 Å². The van der Waals surface area contributed by atoms with Crippen molar-refractivity contribution in [3.05, 3.63) is 48.4 Å². The van der Waals surface area contributed by atoms with Crippen molar-refractivity contribution in [1.82, 2.24) is 20.0 Å². The number of rotatable bonds is 4. The quantitative estimate of drug-likeness (QED) is 0.787. The molecule has 1 N–H and O–H groups in total. The zero-order chi connectivity index (χ0) is 18.0. The van der Waals surface area contributed by atoms with Crippen LogP contribution < -0.4 is 5.32 Å². The number of hydrogen-bond donors (Lipinski definition) is 1. The number of halogens is 1. The van der Waals surface area contributed by atoms with Gasteiger partial charge in [0, 0.05) is 17.2 Å². The van der Waals surface area contributed by atoms with Crippen molar-refractivity contribution in [3.63, 3.8) is 0 Å². The molecule has 0 radical (unpaired) electrons. The highest BCUT2D eigenvalue weighted by Gasteiger charge is 2.21. The molecule has 3 rings (SSSR count). The SMILES string of the molecule is CC(C)(C)C(=O)Nc1cnn(Cc2nnc(-c3ccc(F)cc3)o2)c1. The lowest BCUT2D eigenvalue weighted by Gasteiger charge is -2.16. The third kappa shape index (κ3) is 4.09. The molecule has 1 aromatic carbocycles. The fourth-order valence-electron chi connectivity index (χ4n) is 2.00. The Balaban J connectivity index is 1.67. The van der Waals surface area contributed by atoms with E-state index >= 15 is 0 Å². The Hall–Kier alpha value is -3.03. The van der Waals surface area contributed by atoms with Crippen molar-refractivity contribution >= 4 is 11.6 Å². The van der Waals surface area contributed by atoms with Crippen molar-refractivity contribution in [2.75, 3.05) is 5.32 Å². The molecule has 0 aliphatic rings. The maximum atomic E-state index is 13.0. The molecular weight excluding hydrogens is 325 g/mol. The smallest absolute Gasteiger partial charge is 0.247 e. The minimum atomic E-state index is -0.487. The van der Waals surface area contributed by atoms with Crippen LogP contribution in [0.4, 0.5) is 10.1 Å². The van der Waals surface area contributed by atoms with Crippen molar-refractivity contribution in [3.8, 4) is 11.5 Å². The Morgan fingerprint density at radius 3 is 2.64 bits per heavy atom. The van der Waals surface area contributed by atoms with Crippen LogP contribution in [0.3, 0.4) is 0 Å². The normalized spacial score (nSPS) is 11.5. The molecule has 2 aromatic heterocycles. The highest BCUT2D eigenvalue weighted by atomic mass is 19.1. The summed E-state index contributed by atoms with van der Waals surface area (Å²) in [7, 11) is 0. The number of hydrogen-bond acceptors (Lipinski definition) is 5. The predicted octanol–water partition coefficient (Wildman–Crippen LogP) is 3.11. The lowest BCUT2D eigenvalue weighted by atomic mass is 9.96. The van der Waals surface area contributed by atoms with Gasteiger partial charge in [0.15, 0.2) is 0 Å². The van der Waals surface area contributed by atoms with Crippen LogP contribution in [0.5, 0.6) is 0 Å². The first-order valence-corrected chi connectivity index (χ1v) is 7.73. The molecule has 0 aliphatic carbocycles. The number of carbonyl (C=O) groups is 1. The predicted molar refractivity (Wildman–Crippen MR) is 89.1 cm³/mol. The summed E-state index contributed by atoms with van der Waals surface area (Å²) in [5, 5.41) is 14.9. The topological polar surface area (TPSA) is 85.8 Å². The second-order valence-corrected chi connectivity index (χ2v) is 6.64. The molecule has 0 atom stereocenters. The highest BCUT2D eigenvalue weighted by Crippen LogP contribution is 2.19. The number of aromatic nitrogens is 4. The Bertz CT molecular complexity index is 877. The molecule has 25 heavy (non-hydrogen) atoms. The summed E-state index contributed by atoms with van der Waals surface area (Å²) in [5.41, 5.74) is 0.746. The van der Waals surface area contributed by atoms with Crippen molar-refractivity contribution in [1.29, 1.82) is 0 Å². The van der Waals surface area contributed by atoms with Gasteiger partial charge in [0.05, 0.1) is 11.9 Å². The molecule has 0 saturated heterocycles. The summed E-state index contributed by atoms with van der Waals surface area (Å²) in [6.45, 7) is 5.77. The summed E-state index contributed by atoms with van der Waals surface area (Å²) in [6.07, 6.45) is 3.24. The maximum Gasteiger partial charge on any atom is 0.247 e. The molecule has 130 valence electrons. The van der Waals surface area contributed by atoms with Gasteiger partial charge in [-0.05, 0) is 24.3 Å². The maximum absolute atomic E-state index is 13.0. The summed E-state index contributed by atoms with van der Waals surface area (Å²) in [4.78, 5) is 12.0. The minimum Gasteiger partial charge on any atom is -0.419 e. The molecule has 0 fully saturated rings. The van der Waals surface area contributed by atoms with E-state index in [-0.39, 0.29) is 18.3 Å². The Morgan fingerprint density at radius 1 is 1.24 bits per heavy atom. The van der Waals surface area contributed by atoms with Crippen LogP contribution >= 0.6 is 0 Å². The van der Waals surface area contributed by atoms with Gasteiger partial charge in [0.25, 0.3) is 0 Å². The second kappa shape index (κ2) is 6.46. The van der Waals surface area contributed by atoms with Crippen LogP contribution in [0.1, 0.15) is 26.7 Å². The van der Waals surface area contributed by atoms with Gasteiger partial charge in [0.2, 0.25) is 17.7 Å². The van der Waals surface area contributed by atoms with Gasteiger partial charge in [-0.2, -0.15) is 5.10 Å². The molecule has 0 aliphatic heterocycles. The number of anilines is 1. The van der Waals surface area contributed by atoms with Gasteiger partial charge >= 0.3 is 0 Å². The molecule has 1 amide bonds. The lowest BCUT2D eigenvalue weighted by Crippen LogP contribution is -2.27. The van der Waals surface area contributed by atoms with Gasteiger partial charge in [-0.3, -0.25) is 9.48 Å². The largest absolute Gasteiger partial charge is 0.419 e. The van der Waals surface area contributed by atoms with Gasteiger partial charge in [-0.1, -0.05) is 20.8 Å². The van der Waals surface area contributed by atoms with Gasteiger partial charge in [-0.25, -0.2) is 4.39 Å². The second-order valence-electron chi connectivity index (χ2n) is 6.64. The van der Waals surface area contributed by atoms with Gasteiger partial charge < -0.3 is 9.73 Å². The standard InChI is InChI=1S/C17H18FN5O2/c1-17(2,3)16(24)20-13-8-19-23(9-13)10-14-21-22-15(25-14)11-4-6-12(18)7-5-11/h4-9H,10H2,1-3H3,(H,20,24). The van der Waals surface area contributed by atoms with Crippen LogP contribution in [0.15, 0.2) is 41.1 Å². The molecule has 3 aromatic rings. The Kier molecular flexibility index (Phi) is 4.35. The van der Waals surface area contributed by atoms with Crippen molar-refractivity contribution in [2.45, 2.75) is 27.3 Å². The highest BCUT2D eigenvalue weighted by molar-refractivity contribution is 5.94. The van der Waals surface area contributed by atoms with Gasteiger partial charge in [0.1, 0.15) is 12.4 Å². The van der Waals surface area contributed by atoms with Crippen LogP contribution in [0.2, 0.25) is 0 Å². The Morgan fingerprint density at radius 2 is 1.96 bits per heavy atom. The molecule has 0 unspecified atom stereocenters. The number of benzene rings is 1. The first-order chi connectivity index (χ1) is 11.8. The number of nitrogens with zero attached hydrogens (tertiary/aromatic N) is 4. The summed E-state index contributed by atoms with van der Waals surface area (Å²) >= 11 is 0. The first-order valence-electron chi connectivity index (χ1n) is 7.73. The first kappa shape index (κ1) is 16.8. The average molecular weight is 343 g/mol. The molecule has 0 spiro atoms. The zero-order valence-corrected chi connectivity index (χ0v) is 14.2. The van der Waals surface area contributed by atoms with Crippen LogP contribution in [-0.4, -0.2) is 25.9 Å². The lowest BCUT2D eigenvalue weighted by molar-refractivity contribution is -0.123. The Labute approximate surface area is 143 Å². The zero-order valence-electron chi connectivity index (χ0n) is 14.2. The third-order valence-electron chi connectivity index (χ3n) is 3.43. The van der Waals surface area contributed by atoms with Crippen molar-refractivity contribution in [2.24, 2.45) is 5.41 Å². The molecule has 7 nitrogen and oxygen atoms in total. The molecular formula is C17H18FN5O2. The van der Waals surface area contributed by atoms with Crippen LogP contribution in [0.25, 0.3) is 11.5 Å². The van der Waals surface area contributed by atoms with E-state index in [1.54, 1.807) is 29.2 Å². The van der Waals surface area contributed by atoms with Gasteiger partial charge in [-0.15, -0.1) is 10.2 Å². The fraction of sp³-hybridized carbons (Fsp3) is 0.294. The van der Waals surface area contributed by atoms with E-state index in [1.165, 1.54) is 12.1 Å². The monoisotopic (exact) mass is 343 g/mol. The minimum absolute atomic E-state index is 0.0940. The summed E-state index contributed by atoms with van der Waals surface area (Å²) in [5.74, 6) is 0.243. The third-order valence-corrected chi connectivity index (χ3v) is 3.43. The number of amides is 1. The van der Waals surface area contributed by atoms with E-state index < -0.39 is 5.41 Å². The summed E-state index contributed by atoms with van der Waals surface area (Å²) < 4.78 is 20.1. The molecule has 2 heterocycles. The number of nitrogens with one attached hydrogen (secondary N) is 1. The fourth-order valence-corrected chi connectivity index (χ4v) is 2.00. The van der Waals surface area contributed by atoms with E-state index in [2.05, 4.69) is 20.6 Å². The molecule has 0 saturated carbocycles. The number of carbonyl (C=O) groups excluding carboxylic acids is 1. The van der Waals surface area contributed by atoms with E-state index in [0.29, 0.717) is 23.0 Å². The van der Waals surface area contributed by atoms with E-state index in [0.717, 1.165) is 0 Å². The molecule has 0 bridgehead atoms. The van der Waals surface area contributed by atoms with E-state index in [1.807, 2.05) is 20.8 Å². The summed E-state index contributed by atoms with van der Waals surface area (Å²) in [6, 6.07) is 5.80. The van der Waals surface area contributed by atoms with Crippen molar-refractivity contribution < 1.29 is 13.6 Å². The van der Waals surface area contributed by atoms with E-state index in [9.17, 15) is 9.18 Å². The molecule has 8 heteroatoms.